The third kappa shape index (κ3) is 19.5. The Hall–Kier alpha value is 0.570. The van der Waals surface area contributed by atoms with E-state index in [-0.39, 0.29) is 37.7 Å². The molecule has 0 aliphatic heterocycles. The molecule has 0 spiro atoms. The molecule has 0 amide bonds. The zero-order valence-electron chi connectivity index (χ0n) is 1.39. The van der Waals surface area contributed by atoms with Crippen LogP contribution in [0.4, 0.5) is 0 Å². The molecule has 4 heteroatoms. The monoisotopic (exact) mass is 85.0 g/mol. The predicted molar refractivity (Wildman–Crippen MR) is 18.0 cm³/mol. The summed E-state index contributed by atoms with van der Waals surface area (Å²) in [6, 6.07) is 0. The third-order valence-corrected chi connectivity index (χ3v) is 0. The summed E-state index contributed by atoms with van der Waals surface area (Å²) in [4.78, 5) is 1.75. The molecule has 0 saturated heterocycles. The van der Waals surface area contributed by atoms with Gasteiger partial charge in [-0.3, -0.25) is 0 Å². The van der Waals surface area contributed by atoms with Crippen molar-refractivity contribution in [3.63, 3.8) is 0 Å². The fourth-order valence-electron chi connectivity index (χ4n) is 0. The van der Waals surface area contributed by atoms with Crippen LogP contribution < -0.4 is 0 Å². The van der Waals surface area contributed by atoms with Gasteiger partial charge in [-0.2, -0.15) is 0 Å². The van der Waals surface area contributed by atoms with E-state index in [4.69, 9.17) is 11.1 Å². The van der Waals surface area contributed by atoms with E-state index in [9.17, 15) is 0 Å². The first kappa shape index (κ1) is 8.82. The molecule has 3 nitrogen and oxygen atoms in total. The normalized spacial score (nSPS) is 2.00. The first-order chi connectivity index (χ1) is 1.41. The van der Waals surface area contributed by atoms with Gasteiger partial charge in [-0.25, -0.2) is 0 Å². The van der Waals surface area contributed by atoms with Crippen molar-refractivity contribution in [1.82, 2.24) is 0 Å². The van der Waals surface area contributed by atoms with E-state index >= 15 is 0 Å². The van der Waals surface area contributed by atoms with Gasteiger partial charge in [0.2, 0.25) is 0 Å². The first-order valence-electron chi connectivity index (χ1n) is 0.424. The topological polar surface area (TPSA) is 60.3 Å². The van der Waals surface area contributed by atoms with Gasteiger partial charge < -0.3 is 0 Å². The number of nitrogens with zero attached hydrogens (tertiary/aromatic N) is 2. The molecule has 0 aromatic carbocycles. The Morgan fingerprint density at radius 2 is 1.75 bits per heavy atom. The maximum absolute atomic E-state index is 6.86. The molecule has 0 bridgehead atoms. The summed E-state index contributed by atoms with van der Waals surface area (Å²) in [7, 11) is 0. The van der Waals surface area contributed by atoms with Crippen LogP contribution in [0.5, 0.6) is 0 Å². The molecular formula is H3CaN3. The van der Waals surface area contributed by atoms with Gasteiger partial charge in [0.25, 0.3) is 0 Å². The van der Waals surface area contributed by atoms with Gasteiger partial charge in [-0.1, -0.05) is 0 Å². The van der Waals surface area contributed by atoms with Crippen molar-refractivity contribution >= 4 is 37.7 Å². The van der Waals surface area contributed by atoms with E-state index in [0.29, 0.717) is 0 Å². The molecule has 20 valence electrons. The molecule has 0 fully saturated rings. The molecule has 4 heavy (non-hydrogen) atoms. The molecule has 1 N–H and O–H groups in total. The number of nitrogens with one attached hydrogen (secondary N) is 1. The maximum atomic E-state index is 6.86. The largest absolute Gasteiger partial charge is 0.108 e. The second-order valence-corrected chi connectivity index (χ2v) is 0.100. The van der Waals surface area contributed by atoms with Crippen LogP contribution in [0, 0.1) is 5.53 Å². The van der Waals surface area contributed by atoms with Crippen LogP contribution in [-0.4, -0.2) is 37.7 Å². The Morgan fingerprint density at radius 1 is 1.75 bits per heavy atom. The molecule has 0 saturated carbocycles. The molecule has 0 heterocycles. The fraction of sp³-hybridized carbons (Fsp3) is 0. The van der Waals surface area contributed by atoms with Gasteiger partial charge in [-0.05, 0) is 10.4 Å². The minimum Gasteiger partial charge on any atom is -0.108 e. The Morgan fingerprint density at radius 3 is 1.75 bits per heavy atom. The smallest absolute Gasteiger partial charge is 0.00208 e. The molecule has 0 aromatic heterocycles. The van der Waals surface area contributed by atoms with Crippen LogP contribution in [0.15, 0.2) is 0 Å². The summed E-state index contributed by atoms with van der Waals surface area (Å²) in [6.45, 7) is 0. The van der Waals surface area contributed by atoms with Crippen LogP contribution in [0.1, 0.15) is 0 Å². The van der Waals surface area contributed by atoms with Crippen molar-refractivity contribution < 1.29 is 0 Å². The molecule has 0 aromatic rings. The summed E-state index contributed by atoms with van der Waals surface area (Å²) in [5.74, 6) is 0. The van der Waals surface area contributed by atoms with Crippen LogP contribution in [0.3, 0.4) is 0 Å². The quantitative estimate of drug-likeness (QED) is 0.186. The van der Waals surface area contributed by atoms with E-state index < -0.39 is 0 Å². The van der Waals surface area contributed by atoms with E-state index in [0.717, 1.165) is 0 Å². The van der Waals surface area contributed by atoms with E-state index in [1.807, 2.05) is 0 Å². The van der Waals surface area contributed by atoms with Crippen molar-refractivity contribution in [2.75, 3.05) is 0 Å². The minimum atomic E-state index is 0. The van der Waals surface area contributed by atoms with Crippen LogP contribution >= 0.6 is 0 Å². The van der Waals surface area contributed by atoms with Crippen LogP contribution in [0.25, 0.3) is 10.4 Å². The number of hydrogen-bond acceptors (Lipinski definition) is 1. The van der Waals surface area contributed by atoms with Crippen molar-refractivity contribution in [3.05, 3.63) is 10.4 Å². The first-order valence-corrected chi connectivity index (χ1v) is 0.424. The van der Waals surface area contributed by atoms with E-state index in [1.165, 1.54) is 0 Å². The Kier molecular flexibility index (Phi) is 21.1. The minimum absolute atomic E-state index is 0. The predicted octanol–water partition coefficient (Wildman–Crippen LogP) is -0.0407. The van der Waals surface area contributed by atoms with Crippen molar-refractivity contribution in [1.29, 1.82) is 5.53 Å². The Balaban J connectivity index is 0. The maximum Gasteiger partial charge on any atom is -0.00208 e. The van der Waals surface area contributed by atoms with Crippen molar-refractivity contribution in [3.8, 4) is 0 Å². The van der Waals surface area contributed by atoms with Gasteiger partial charge in [0.05, 0.1) is 0 Å². The average molecular weight is 85.1 g/mol. The molecule has 0 unspecified atom stereocenters. The van der Waals surface area contributed by atoms with Gasteiger partial charge in [-0.15, -0.1) is 5.53 Å². The van der Waals surface area contributed by atoms with Gasteiger partial charge >= 0.3 is 37.7 Å². The van der Waals surface area contributed by atoms with Crippen molar-refractivity contribution in [2.24, 2.45) is 0 Å². The van der Waals surface area contributed by atoms with Gasteiger partial charge in [0, 0.05) is 0 Å². The molecule has 0 aliphatic carbocycles. The summed E-state index contributed by atoms with van der Waals surface area (Å²) in [6.07, 6.45) is 0. The zero-order valence-corrected chi connectivity index (χ0v) is 1.39. The van der Waals surface area contributed by atoms with E-state index in [2.05, 4.69) is 0 Å². The van der Waals surface area contributed by atoms with Gasteiger partial charge in [0.15, 0.2) is 0 Å². The average Bonchev–Trinajstić information content (AvgIpc) is 0.918. The SMILES string of the molecule is [CaH2].[N-]=[N+]=N. The number of rotatable bonds is 0. The third-order valence-electron chi connectivity index (χ3n) is 0. The fourth-order valence-corrected chi connectivity index (χ4v) is 0. The summed E-state index contributed by atoms with van der Waals surface area (Å²) < 4.78 is 0. The van der Waals surface area contributed by atoms with E-state index in [1.54, 1.807) is 4.91 Å². The Labute approximate surface area is 53.4 Å². The standard InChI is InChI=1S/Ca.HN3.2H/c;1-3-2;;/h;1H;;. The summed E-state index contributed by atoms with van der Waals surface area (Å²) in [5, 5.41) is 0. The Bertz CT molecular complexity index is 24.3. The molecule has 0 atom stereocenters. The number of hydrogen-bond donors (Lipinski definition) is 1. The van der Waals surface area contributed by atoms with Crippen LogP contribution in [-0.2, 0) is 0 Å². The molecular weight excluding hydrogens is 82.1 g/mol. The second-order valence-electron chi connectivity index (χ2n) is 0.100. The van der Waals surface area contributed by atoms with Crippen molar-refractivity contribution in [2.45, 2.75) is 0 Å². The molecule has 0 rings (SSSR count). The molecule has 0 radical (unpaired) electrons. The second kappa shape index (κ2) is 9.57. The zero-order chi connectivity index (χ0) is 2.71. The summed E-state index contributed by atoms with van der Waals surface area (Å²) in [5.41, 5.74) is 12.2. The molecule has 0 aliphatic rings. The van der Waals surface area contributed by atoms with Crippen LogP contribution in [0.2, 0.25) is 0 Å². The summed E-state index contributed by atoms with van der Waals surface area (Å²) >= 11 is 0. The van der Waals surface area contributed by atoms with Gasteiger partial charge in [0.1, 0.15) is 0 Å².